The minimum absolute atomic E-state index is 0.208. The van der Waals surface area contributed by atoms with Crippen LogP contribution in [0.3, 0.4) is 0 Å². The van der Waals surface area contributed by atoms with E-state index in [1.54, 1.807) is 24.3 Å². The van der Waals surface area contributed by atoms with E-state index in [9.17, 15) is 4.79 Å². The topological polar surface area (TPSA) is 90.9 Å². The Balaban J connectivity index is 1.79. The lowest BCUT2D eigenvalue weighted by molar-refractivity contribution is 0.214. The Labute approximate surface area is 106 Å². The van der Waals surface area contributed by atoms with Crippen molar-refractivity contribution in [2.45, 2.75) is 18.9 Å². The highest BCUT2D eigenvalue weighted by molar-refractivity contribution is 5.89. The standard InChI is InChI=1S/C13H16N4O/c14-7-9-1-3-11(4-2-9)16-13(18)17-12-5-10(6-12)8-15/h1-4,10,12H,5-6,8,15H2,(H2,16,17,18). The number of nitrogens with one attached hydrogen (secondary N) is 2. The quantitative estimate of drug-likeness (QED) is 0.751. The number of nitriles is 1. The van der Waals surface area contributed by atoms with Gasteiger partial charge in [-0.1, -0.05) is 0 Å². The first-order chi connectivity index (χ1) is 8.71. The van der Waals surface area contributed by atoms with E-state index in [0.29, 0.717) is 23.7 Å². The average Bonchev–Trinajstić information content (AvgIpc) is 2.34. The second-order valence-corrected chi connectivity index (χ2v) is 4.56. The molecule has 1 saturated carbocycles. The van der Waals surface area contributed by atoms with Crippen molar-refractivity contribution in [2.75, 3.05) is 11.9 Å². The van der Waals surface area contributed by atoms with Crippen LogP contribution in [-0.4, -0.2) is 18.6 Å². The summed E-state index contributed by atoms with van der Waals surface area (Å²) in [5, 5.41) is 14.3. The van der Waals surface area contributed by atoms with Gasteiger partial charge in [0.25, 0.3) is 0 Å². The van der Waals surface area contributed by atoms with Crippen molar-refractivity contribution < 1.29 is 4.79 Å². The normalized spacial score (nSPS) is 21.6. The van der Waals surface area contributed by atoms with Crippen LogP contribution in [0.15, 0.2) is 24.3 Å². The van der Waals surface area contributed by atoms with Gasteiger partial charge in [0, 0.05) is 11.7 Å². The molecular weight excluding hydrogens is 228 g/mol. The molecule has 0 aliphatic heterocycles. The van der Waals surface area contributed by atoms with Gasteiger partial charge in [0.1, 0.15) is 0 Å². The number of amides is 2. The van der Waals surface area contributed by atoms with E-state index in [1.165, 1.54) is 0 Å². The highest BCUT2D eigenvalue weighted by atomic mass is 16.2. The first-order valence-electron chi connectivity index (χ1n) is 5.99. The highest BCUT2D eigenvalue weighted by Gasteiger charge is 2.28. The van der Waals surface area contributed by atoms with E-state index in [-0.39, 0.29) is 12.1 Å². The number of nitrogens with two attached hydrogens (primary N) is 1. The largest absolute Gasteiger partial charge is 0.335 e. The van der Waals surface area contributed by atoms with Gasteiger partial charge in [-0.05, 0) is 49.6 Å². The zero-order valence-corrected chi connectivity index (χ0v) is 10.0. The van der Waals surface area contributed by atoms with Crippen molar-refractivity contribution in [3.63, 3.8) is 0 Å². The van der Waals surface area contributed by atoms with Gasteiger partial charge < -0.3 is 16.4 Å². The van der Waals surface area contributed by atoms with Crippen LogP contribution in [0.5, 0.6) is 0 Å². The number of carbonyl (C=O) groups excluding carboxylic acids is 1. The molecule has 1 aliphatic rings. The van der Waals surface area contributed by atoms with Crippen LogP contribution in [-0.2, 0) is 0 Å². The molecule has 2 rings (SSSR count). The molecule has 0 aromatic heterocycles. The smallest absolute Gasteiger partial charge is 0.319 e. The SMILES string of the molecule is N#Cc1ccc(NC(=O)NC2CC(CN)C2)cc1. The van der Waals surface area contributed by atoms with E-state index in [4.69, 9.17) is 11.0 Å². The zero-order valence-electron chi connectivity index (χ0n) is 10.0. The molecule has 1 aromatic carbocycles. The molecule has 18 heavy (non-hydrogen) atoms. The number of benzene rings is 1. The predicted octanol–water partition coefficient (Wildman–Crippen LogP) is 1.42. The fourth-order valence-electron chi connectivity index (χ4n) is 2.03. The molecule has 5 heteroatoms. The zero-order chi connectivity index (χ0) is 13.0. The van der Waals surface area contributed by atoms with E-state index >= 15 is 0 Å². The van der Waals surface area contributed by atoms with Crippen molar-refractivity contribution in [1.82, 2.24) is 5.32 Å². The molecule has 1 fully saturated rings. The van der Waals surface area contributed by atoms with Crippen LogP contribution >= 0.6 is 0 Å². The Morgan fingerprint density at radius 3 is 2.61 bits per heavy atom. The van der Waals surface area contributed by atoms with Gasteiger partial charge in [0.05, 0.1) is 11.6 Å². The van der Waals surface area contributed by atoms with Crippen molar-refractivity contribution in [2.24, 2.45) is 11.7 Å². The highest BCUT2D eigenvalue weighted by Crippen LogP contribution is 2.25. The van der Waals surface area contributed by atoms with Crippen LogP contribution < -0.4 is 16.4 Å². The Hall–Kier alpha value is -2.06. The Morgan fingerprint density at radius 1 is 1.39 bits per heavy atom. The maximum atomic E-state index is 11.6. The summed E-state index contributed by atoms with van der Waals surface area (Å²) in [4.78, 5) is 11.6. The summed E-state index contributed by atoms with van der Waals surface area (Å²) in [5.74, 6) is 0.546. The number of nitrogens with zero attached hydrogens (tertiary/aromatic N) is 1. The summed E-state index contributed by atoms with van der Waals surface area (Å²) in [5.41, 5.74) is 6.78. The van der Waals surface area contributed by atoms with Gasteiger partial charge in [-0.15, -0.1) is 0 Å². The predicted molar refractivity (Wildman–Crippen MR) is 68.9 cm³/mol. The van der Waals surface area contributed by atoms with E-state index < -0.39 is 0 Å². The number of rotatable bonds is 3. The second kappa shape index (κ2) is 5.52. The number of carbonyl (C=O) groups is 1. The van der Waals surface area contributed by atoms with Crippen molar-refractivity contribution in [3.8, 4) is 6.07 Å². The summed E-state index contributed by atoms with van der Waals surface area (Å²) in [7, 11) is 0. The third-order valence-electron chi connectivity index (χ3n) is 3.18. The lowest BCUT2D eigenvalue weighted by Crippen LogP contribution is -2.47. The summed E-state index contributed by atoms with van der Waals surface area (Å²) in [6.45, 7) is 0.690. The minimum Gasteiger partial charge on any atom is -0.335 e. The third-order valence-corrected chi connectivity index (χ3v) is 3.18. The maximum Gasteiger partial charge on any atom is 0.319 e. The molecule has 0 spiro atoms. The van der Waals surface area contributed by atoms with E-state index in [2.05, 4.69) is 10.6 Å². The Morgan fingerprint density at radius 2 is 2.06 bits per heavy atom. The molecule has 4 N–H and O–H groups in total. The molecule has 2 amide bonds. The summed E-state index contributed by atoms with van der Waals surface area (Å²) >= 11 is 0. The van der Waals surface area contributed by atoms with Gasteiger partial charge in [-0.25, -0.2) is 4.79 Å². The first kappa shape index (κ1) is 12.4. The van der Waals surface area contributed by atoms with Gasteiger partial charge in [-0.3, -0.25) is 0 Å². The van der Waals surface area contributed by atoms with Gasteiger partial charge in [0.2, 0.25) is 0 Å². The maximum absolute atomic E-state index is 11.6. The Bertz CT molecular complexity index is 457. The van der Waals surface area contributed by atoms with Crippen molar-refractivity contribution in [1.29, 1.82) is 5.26 Å². The molecular formula is C13H16N4O. The monoisotopic (exact) mass is 244 g/mol. The molecule has 0 saturated heterocycles. The summed E-state index contributed by atoms with van der Waals surface area (Å²) in [6, 6.07) is 8.81. The fourth-order valence-corrected chi connectivity index (χ4v) is 2.03. The van der Waals surface area contributed by atoms with Gasteiger partial charge in [-0.2, -0.15) is 5.26 Å². The molecule has 0 heterocycles. The molecule has 0 radical (unpaired) electrons. The van der Waals surface area contributed by atoms with E-state index in [0.717, 1.165) is 12.8 Å². The second-order valence-electron chi connectivity index (χ2n) is 4.56. The lowest BCUT2D eigenvalue weighted by Gasteiger charge is -2.34. The number of hydrogen-bond acceptors (Lipinski definition) is 3. The van der Waals surface area contributed by atoms with E-state index in [1.807, 2.05) is 6.07 Å². The molecule has 5 nitrogen and oxygen atoms in total. The number of hydrogen-bond donors (Lipinski definition) is 3. The summed E-state index contributed by atoms with van der Waals surface area (Å²) in [6.07, 6.45) is 1.91. The molecule has 1 aromatic rings. The molecule has 0 unspecified atom stereocenters. The van der Waals surface area contributed by atoms with Crippen LogP contribution in [0.1, 0.15) is 18.4 Å². The Kier molecular flexibility index (Phi) is 3.80. The molecule has 1 aliphatic carbocycles. The minimum atomic E-state index is -0.208. The molecule has 0 bridgehead atoms. The van der Waals surface area contributed by atoms with Crippen LogP contribution in [0.2, 0.25) is 0 Å². The molecule has 94 valence electrons. The average molecular weight is 244 g/mol. The van der Waals surface area contributed by atoms with Gasteiger partial charge >= 0.3 is 6.03 Å². The lowest BCUT2D eigenvalue weighted by atomic mass is 9.80. The van der Waals surface area contributed by atoms with Crippen LogP contribution in [0.25, 0.3) is 0 Å². The number of urea groups is 1. The van der Waals surface area contributed by atoms with Crippen LogP contribution in [0, 0.1) is 17.2 Å². The fraction of sp³-hybridized carbons (Fsp3) is 0.385. The van der Waals surface area contributed by atoms with Crippen molar-refractivity contribution in [3.05, 3.63) is 29.8 Å². The molecule has 0 atom stereocenters. The third kappa shape index (κ3) is 2.99. The van der Waals surface area contributed by atoms with Crippen molar-refractivity contribution >= 4 is 11.7 Å². The van der Waals surface area contributed by atoms with Gasteiger partial charge in [0.15, 0.2) is 0 Å². The first-order valence-corrected chi connectivity index (χ1v) is 5.99. The van der Waals surface area contributed by atoms with Crippen LogP contribution in [0.4, 0.5) is 10.5 Å². The summed E-state index contributed by atoms with van der Waals surface area (Å²) < 4.78 is 0. The number of anilines is 1.